The summed E-state index contributed by atoms with van der Waals surface area (Å²) >= 11 is 1.57. The van der Waals surface area contributed by atoms with Gasteiger partial charge in [-0.15, -0.1) is 11.8 Å². The summed E-state index contributed by atoms with van der Waals surface area (Å²) in [7, 11) is 1.69. The number of thioether (sulfide) groups is 1. The molecule has 0 saturated carbocycles. The first-order chi connectivity index (χ1) is 10.8. The molecule has 0 aliphatic heterocycles. The largest absolute Gasteiger partial charge is 0.496 e. The zero-order chi connectivity index (χ0) is 15.4. The predicted octanol–water partition coefficient (Wildman–Crippen LogP) is 2.74. The second kappa shape index (κ2) is 6.65. The highest BCUT2D eigenvalue weighted by molar-refractivity contribution is 7.98. The quantitative estimate of drug-likeness (QED) is 0.681. The highest BCUT2D eigenvalue weighted by Crippen LogP contribution is 2.27. The van der Waals surface area contributed by atoms with Crippen molar-refractivity contribution in [3.63, 3.8) is 0 Å². The summed E-state index contributed by atoms with van der Waals surface area (Å²) in [6, 6.07) is 8.03. The van der Waals surface area contributed by atoms with Crippen LogP contribution in [0.4, 0.5) is 5.82 Å². The van der Waals surface area contributed by atoms with Gasteiger partial charge < -0.3 is 10.1 Å². The predicted molar refractivity (Wildman–Crippen MR) is 88.7 cm³/mol. The molecule has 2 aromatic heterocycles. The fourth-order valence-electron chi connectivity index (χ4n) is 2.34. The van der Waals surface area contributed by atoms with Crippen LogP contribution in [0.5, 0.6) is 5.75 Å². The number of nitrogens with one attached hydrogen (secondary N) is 2. The molecule has 0 radical (unpaired) electrons. The lowest BCUT2D eigenvalue weighted by atomic mass is 10.1. The molecule has 0 saturated heterocycles. The summed E-state index contributed by atoms with van der Waals surface area (Å²) in [5.41, 5.74) is 1.92. The van der Waals surface area contributed by atoms with Crippen LogP contribution < -0.4 is 10.1 Å². The molecular weight excluding hydrogens is 298 g/mol. The van der Waals surface area contributed by atoms with Crippen LogP contribution in [0.25, 0.3) is 11.0 Å². The topological polar surface area (TPSA) is 75.7 Å². The zero-order valence-corrected chi connectivity index (χ0v) is 13.3. The van der Waals surface area contributed by atoms with Gasteiger partial charge >= 0.3 is 0 Å². The summed E-state index contributed by atoms with van der Waals surface area (Å²) < 4.78 is 5.37. The first kappa shape index (κ1) is 14.6. The van der Waals surface area contributed by atoms with Crippen molar-refractivity contribution in [3.05, 3.63) is 36.2 Å². The summed E-state index contributed by atoms with van der Waals surface area (Å²) in [5, 5.41) is 12.4. The minimum atomic E-state index is 0.749. The van der Waals surface area contributed by atoms with Gasteiger partial charge in [0.25, 0.3) is 0 Å². The maximum atomic E-state index is 5.37. The number of methoxy groups -OCH3 is 1. The maximum absolute atomic E-state index is 5.37. The lowest BCUT2D eigenvalue weighted by molar-refractivity contribution is 0.410. The normalized spacial score (nSPS) is 10.8. The van der Waals surface area contributed by atoms with Crippen LogP contribution in [0.3, 0.4) is 0 Å². The molecule has 2 heterocycles. The van der Waals surface area contributed by atoms with E-state index in [0.29, 0.717) is 0 Å². The van der Waals surface area contributed by atoms with Gasteiger partial charge in [-0.05, 0) is 24.3 Å². The number of hydrogen-bond donors (Lipinski definition) is 2. The Morgan fingerprint density at radius 1 is 1.27 bits per heavy atom. The average Bonchev–Trinajstić information content (AvgIpc) is 2.99. The van der Waals surface area contributed by atoms with E-state index in [9.17, 15) is 0 Å². The maximum Gasteiger partial charge on any atom is 0.161 e. The number of anilines is 1. The third kappa shape index (κ3) is 2.85. The van der Waals surface area contributed by atoms with E-state index in [1.807, 2.05) is 24.5 Å². The summed E-state index contributed by atoms with van der Waals surface area (Å²) in [4.78, 5) is 8.54. The second-order valence-corrected chi connectivity index (χ2v) is 5.46. The molecule has 0 fully saturated rings. The van der Waals surface area contributed by atoms with Gasteiger partial charge in [-0.3, -0.25) is 5.10 Å². The van der Waals surface area contributed by atoms with Gasteiger partial charge in [0.05, 0.1) is 12.5 Å². The summed E-state index contributed by atoms with van der Waals surface area (Å²) in [5.74, 6) is 1.71. The number of aromatic amines is 1. The fraction of sp³-hybridized carbons (Fsp3) is 0.267. The molecule has 7 heteroatoms. The Morgan fingerprint density at radius 3 is 2.95 bits per heavy atom. The zero-order valence-electron chi connectivity index (χ0n) is 12.5. The molecule has 0 aliphatic rings. The fourth-order valence-corrected chi connectivity index (χ4v) is 2.87. The Balaban J connectivity index is 1.75. The average molecular weight is 315 g/mol. The van der Waals surface area contributed by atoms with Crippen LogP contribution in [-0.4, -0.2) is 40.1 Å². The van der Waals surface area contributed by atoms with Gasteiger partial charge in [0.2, 0.25) is 0 Å². The minimum absolute atomic E-state index is 0.749. The molecular formula is C15H17N5OS. The highest BCUT2D eigenvalue weighted by Gasteiger charge is 2.11. The summed E-state index contributed by atoms with van der Waals surface area (Å²) in [6.45, 7) is 0.755. The van der Waals surface area contributed by atoms with Gasteiger partial charge in [0, 0.05) is 6.54 Å². The third-order valence-corrected chi connectivity index (χ3v) is 4.08. The number of nitrogens with zero attached hydrogens (tertiary/aromatic N) is 3. The molecule has 0 bridgehead atoms. The van der Waals surface area contributed by atoms with Gasteiger partial charge in [0.15, 0.2) is 5.65 Å². The van der Waals surface area contributed by atoms with Gasteiger partial charge in [-0.25, -0.2) is 9.97 Å². The molecule has 114 valence electrons. The molecule has 0 aliphatic carbocycles. The molecule has 0 atom stereocenters. The van der Waals surface area contributed by atoms with Gasteiger partial charge in [-0.1, -0.05) is 18.2 Å². The Kier molecular flexibility index (Phi) is 4.43. The van der Waals surface area contributed by atoms with E-state index in [1.165, 1.54) is 11.9 Å². The van der Waals surface area contributed by atoms with Crippen LogP contribution in [-0.2, 0) is 6.42 Å². The monoisotopic (exact) mass is 315 g/mol. The number of fused-ring (bicyclic) bond motifs is 1. The van der Waals surface area contributed by atoms with Crippen LogP contribution >= 0.6 is 11.8 Å². The highest BCUT2D eigenvalue weighted by atomic mass is 32.2. The van der Waals surface area contributed by atoms with E-state index in [2.05, 4.69) is 31.5 Å². The second-order valence-electron chi connectivity index (χ2n) is 4.67. The molecule has 3 aromatic rings. The van der Waals surface area contributed by atoms with Crippen molar-refractivity contribution in [2.24, 2.45) is 0 Å². The van der Waals surface area contributed by atoms with E-state index in [4.69, 9.17) is 4.74 Å². The SMILES string of the molecule is COc1ccccc1CCNc1ncnc2[nH]nc(SC)c12. The van der Waals surface area contributed by atoms with Crippen LogP contribution in [0.2, 0.25) is 0 Å². The van der Waals surface area contributed by atoms with Crippen molar-refractivity contribution >= 4 is 28.6 Å². The van der Waals surface area contributed by atoms with Crippen molar-refractivity contribution in [2.75, 3.05) is 25.2 Å². The molecule has 1 aromatic carbocycles. The molecule has 0 unspecified atom stereocenters. The van der Waals surface area contributed by atoms with Crippen LogP contribution in [0, 0.1) is 0 Å². The van der Waals surface area contributed by atoms with Gasteiger partial charge in [0.1, 0.15) is 22.9 Å². The first-order valence-electron chi connectivity index (χ1n) is 6.92. The Bertz CT molecular complexity index is 773. The van der Waals surface area contributed by atoms with Gasteiger partial charge in [-0.2, -0.15) is 5.10 Å². The van der Waals surface area contributed by atoms with E-state index in [-0.39, 0.29) is 0 Å². The van der Waals surface area contributed by atoms with Crippen molar-refractivity contribution in [2.45, 2.75) is 11.4 Å². The number of hydrogen-bond acceptors (Lipinski definition) is 6. The number of rotatable bonds is 6. The standard InChI is InChI=1S/C15H17N5OS/c1-21-11-6-4-3-5-10(11)7-8-16-13-12-14(18-9-17-13)19-20-15(12)22-2/h3-6,9H,7-8H2,1-2H3,(H2,16,17,18,19,20). The lowest BCUT2D eigenvalue weighted by Gasteiger charge is -2.10. The van der Waals surface area contributed by atoms with E-state index in [1.54, 1.807) is 18.9 Å². The van der Waals surface area contributed by atoms with Crippen molar-refractivity contribution in [3.8, 4) is 5.75 Å². The number of benzene rings is 1. The number of para-hydroxylation sites is 1. The Labute approximate surface area is 132 Å². The Hall–Kier alpha value is -2.28. The van der Waals surface area contributed by atoms with Crippen molar-refractivity contribution in [1.82, 2.24) is 20.2 Å². The van der Waals surface area contributed by atoms with E-state index < -0.39 is 0 Å². The number of H-pyrrole nitrogens is 1. The van der Waals surface area contributed by atoms with E-state index >= 15 is 0 Å². The van der Waals surface area contributed by atoms with E-state index in [0.717, 1.165) is 40.6 Å². The smallest absolute Gasteiger partial charge is 0.161 e. The molecule has 6 nitrogen and oxygen atoms in total. The molecule has 22 heavy (non-hydrogen) atoms. The first-order valence-corrected chi connectivity index (χ1v) is 8.14. The third-order valence-electron chi connectivity index (χ3n) is 3.40. The Morgan fingerprint density at radius 2 is 2.14 bits per heavy atom. The number of ether oxygens (including phenoxy) is 1. The van der Waals surface area contributed by atoms with Crippen LogP contribution in [0.1, 0.15) is 5.56 Å². The molecule has 2 N–H and O–H groups in total. The van der Waals surface area contributed by atoms with Crippen molar-refractivity contribution < 1.29 is 4.74 Å². The van der Waals surface area contributed by atoms with Crippen LogP contribution in [0.15, 0.2) is 35.6 Å². The molecule has 0 amide bonds. The lowest BCUT2D eigenvalue weighted by Crippen LogP contribution is -2.07. The summed E-state index contributed by atoms with van der Waals surface area (Å²) in [6.07, 6.45) is 4.37. The minimum Gasteiger partial charge on any atom is -0.496 e. The molecule has 0 spiro atoms. The molecule has 3 rings (SSSR count). The number of aromatic nitrogens is 4. The van der Waals surface area contributed by atoms with Crippen molar-refractivity contribution in [1.29, 1.82) is 0 Å².